The van der Waals surface area contributed by atoms with Gasteiger partial charge in [-0.1, -0.05) is 6.07 Å². The Bertz CT molecular complexity index is 976. The van der Waals surface area contributed by atoms with Crippen LogP contribution >= 0.6 is 0 Å². The predicted octanol–water partition coefficient (Wildman–Crippen LogP) is 2.78. The molecule has 0 bridgehead atoms. The molecule has 0 unspecified atom stereocenters. The van der Waals surface area contributed by atoms with Crippen LogP contribution in [-0.4, -0.2) is 27.1 Å². The van der Waals surface area contributed by atoms with Gasteiger partial charge in [-0.2, -0.15) is 0 Å². The Morgan fingerprint density at radius 3 is 2.58 bits per heavy atom. The Labute approximate surface area is 150 Å². The van der Waals surface area contributed by atoms with E-state index in [1.54, 1.807) is 19.1 Å². The van der Waals surface area contributed by atoms with Gasteiger partial charge in [-0.05, 0) is 43.2 Å². The first kappa shape index (κ1) is 18.3. The van der Waals surface area contributed by atoms with Crippen LogP contribution in [0.2, 0.25) is 0 Å². The quantitative estimate of drug-likeness (QED) is 0.887. The molecule has 26 heavy (non-hydrogen) atoms. The lowest BCUT2D eigenvalue weighted by Crippen LogP contribution is -2.28. The van der Waals surface area contributed by atoms with Crippen LogP contribution in [0.25, 0.3) is 0 Å². The number of benzene rings is 2. The van der Waals surface area contributed by atoms with E-state index < -0.39 is 33.6 Å². The van der Waals surface area contributed by atoms with E-state index in [-0.39, 0.29) is 5.56 Å². The number of rotatable bonds is 4. The average Bonchev–Trinajstić information content (AvgIpc) is 2.97. The minimum Gasteiger partial charge on any atom is -0.345 e. The van der Waals surface area contributed by atoms with Gasteiger partial charge in [0.25, 0.3) is 5.91 Å². The molecule has 1 aliphatic rings. The van der Waals surface area contributed by atoms with Crippen LogP contribution in [-0.2, 0) is 16.4 Å². The molecule has 5 nitrogen and oxygen atoms in total. The van der Waals surface area contributed by atoms with Crippen molar-refractivity contribution in [3.63, 3.8) is 0 Å². The fourth-order valence-electron chi connectivity index (χ4n) is 3.07. The Morgan fingerprint density at radius 1 is 1.19 bits per heavy atom. The van der Waals surface area contributed by atoms with E-state index >= 15 is 0 Å². The summed E-state index contributed by atoms with van der Waals surface area (Å²) in [5, 5.41) is 2.67. The number of fused-ring (bicyclic) bond motifs is 1. The lowest BCUT2D eigenvalue weighted by molar-refractivity contribution is 0.0939. The Kier molecular flexibility index (Phi) is 4.70. The van der Waals surface area contributed by atoms with Gasteiger partial charge in [0.05, 0.1) is 18.0 Å². The van der Waals surface area contributed by atoms with E-state index in [0.29, 0.717) is 24.2 Å². The van der Waals surface area contributed by atoms with Crippen molar-refractivity contribution in [1.29, 1.82) is 0 Å². The highest BCUT2D eigenvalue weighted by Gasteiger charge is 2.27. The van der Waals surface area contributed by atoms with E-state index in [1.807, 2.05) is 0 Å². The van der Waals surface area contributed by atoms with Crippen molar-refractivity contribution in [2.24, 2.45) is 0 Å². The molecule has 0 saturated heterocycles. The third-order valence-electron chi connectivity index (χ3n) is 4.37. The number of halogens is 2. The summed E-state index contributed by atoms with van der Waals surface area (Å²) in [4.78, 5) is 12.4. The molecule has 0 fully saturated rings. The van der Waals surface area contributed by atoms with Crippen molar-refractivity contribution in [1.82, 2.24) is 5.32 Å². The van der Waals surface area contributed by atoms with Crippen LogP contribution in [0, 0.1) is 11.6 Å². The maximum Gasteiger partial charge on any atom is 0.251 e. The number of nitrogens with zero attached hydrogens (tertiary/aromatic N) is 1. The summed E-state index contributed by atoms with van der Waals surface area (Å²) < 4.78 is 51.7. The summed E-state index contributed by atoms with van der Waals surface area (Å²) in [5.41, 5.74) is 1.88. The molecule has 0 aromatic heterocycles. The van der Waals surface area contributed by atoms with E-state index in [0.717, 1.165) is 24.0 Å². The molecule has 138 valence electrons. The van der Waals surface area contributed by atoms with Crippen LogP contribution in [0.15, 0.2) is 36.4 Å². The molecule has 2 aromatic carbocycles. The molecular weight excluding hydrogens is 362 g/mol. The molecule has 0 saturated carbocycles. The molecule has 1 heterocycles. The van der Waals surface area contributed by atoms with Crippen LogP contribution in [0.1, 0.15) is 34.5 Å². The first-order chi connectivity index (χ1) is 12.2. The number of carbonyl (C=O) groups excluding carboxylic acids is 1. The lowest BCUT2D eigenvalue weighted by Gasteiger charge is -2.17. The average molecular weight is 380 g/mol. The minimum absolute atomic E-state index is 0.184. The van der Waals surface area contributed by atoms with Gasteiger partial charge in [-0.3, -0.25) is 9.10 Å². The molecule has 0 aliphatic carbocycles. The predicted molar refractivity (Wildman–Crippen MR) is 94.6 cm³/mol. The second-order valence-electron chi connectivity index (χ2n) is 6.29. The van der Waals surface area contributed by atoms with Crippen LogP contribution < -0.4 is 9.62 Å². The number of anilines is 1. The summed E-state index contributed by atoms with van der Waals surface area (Å²) in [6, 6.07) is 7.33. The molecule has 1 amide bonds. The number of hydrogen-bond donors (Lipinski definition) is 1. The molecule has 2 aromatic rings. The fraction of sp³-hybridized carbons (Fsp3) is 0.278. The van der Waals surface area contributed by atoms with Gasteiger partial charge in [0.1, 0.15) is 11.6 Å². The zero-order valence-corrected chi connectivity index (χ0v) is 15.1. The number of amides is 1. The maximum atomic E-state index is 13.8. The fourth-order valence-corrected chi connectivity index (χ4v) is 4.03. The Hall–Kier alpha value is -2.48. The zero-order valence-electron chi connectivity index (χ0n) is 14.3. The monoisotopic (exact) mass is 380 g/mol. The number of carbonyl (C=O) groups is 1. The van der Waals surface area contributed by atoms with Crippen molar-refractivity contribution in [3.8, 4) is 0 Å². The topological polar surface area (TPSA) is 66.5 Å². The smallest absolute Gasteiger partial charge is 0.251 e. The van der Waals surface area contributed by atoms with Gasteiger partial charge in [0, 0.05) is 23.7 Å². The molecule has 1 aliphatic heterocycles. The zero-order chi connectivity index (χ0) is 19.1. The summed E-state index contributed by atoms with van der Waals surface area (Å²) in [6.07, 6.45) is 1.66. The number of hydrogen-bond acceptors (Lipinski definition) is 3. The van der Waals surface area contributed by atoms with E-state index in [1.165, 1.54) is 16.4 Å². The highest BCUT2D eigenvalue weighted by Crippen LogP contribution is 2.31. The van der Waals surface area contributed by atoms with Gasteiger partial charge in [0.2, 0.25) is 10.0 Å². The highest BCUT2D eigenvalue weighted by molar-refractivity contribution is 7.92. The third-order valence-corrected chi connectivity index (χ3v) is 5.55. The summed E-state index contributed by atoms with van der Waals surface area (Å²) >= 11 is 0. The maximum absolute atomic E-state index is 13.8. The van der Waals surface area contributed by atoms with Crippen LogP contribution in [0.3, 0.4) is 0 Å². The summed E-state index contributed by atoms with van der Waals surface area (Å²) in [5.74, 6) is -1.82. The van der Waals surface area contributed by atoms with E-state index in [2.05, 4.69) is 5.32 Å². The minimum atomic E-state index is -3.35. The van der Waals surface area contributed by atoms with E-state index in [4.69, 9.17) is 0 Å². The Balaban J connectivity index is 1.79. The molecule has 1 N–H and O–H groups in total. The van der Waals surface area contributed by atoms with Crippen molar-refractivity contribution >= 4 is 21.6 Å². The van der Waals surface area contributed by atoms with Crippen molar-refractivity contribution < 1.29 is 22.0 Å². The first-order valence-electron chi connectivity index (χ1n) is 8.03. The first-order valence-corrected chi connectivity index (χ1v) is 9.88. The molecule has 3 rings (SSSR count). The molecule has 0 spiro atoms. The van der Waals surface area contributed by atoms with E-state index in [9.17, 15) is 22.0 Å². The SMILES string of the molecule is C[C@H](NC(=O)c1ccc2c(c1)CCN2S(C)(=O)=O)c1ccc(F)cc1F. The Morgan fingerprint density at radius 2 is 1.92 bits per heavy atom. The molecular formula is C18H18F2N2O3S. The second-order valence-corrected chi connectivity index (χ2v) is 8.20. The molecule has 8 heteroatoms. The van der Waals surface area contributed by atoms with Gasteiger partial charge < -0.3 is 5.32 Å². The summed E-state index contributed by atoms with van der Waals surface area (Å²) in [6.45, 7) is 1.95. The largest absolute Gasteiger partial charge is 0.345 e. The second kappa shape index (κ2) is 6.68. The lowest BCUT2D eigenvalue weighted by atomic mass is 10.1. The van der Waals surface area contributed by atoms with Gasteiger partial charge in [-0.15, -0.1) is 0 Å². The number of nitrogens with one attached hydrogen (secondary N) is 1. The number of sulfonamides is 1. The van der Waals surface area contributed by atoms with Crippen molar-refractivity contribution in [2.45, 2.75) is 19.4 Å². The normalized spacial score (nSPS) is 14.8. The van der Waals surface area contributed by atoms with Gasteiger partial charge in [-0.25, -0.2) is 17.2 Å². The van der Waals surface area contributed by atoms with Crippen molar-refractivity contribution in [3.05, 3.63) is 64.7 Å². The third kappa shape index (κ3) is 3.55. The molecule has 1 atom stereocenters. The highest BCUT2D eigenvalue weighted by atomic mass is 32.2. The molecule has 0 radical (unpaired) electrons. The van der Waals surface area contributed by atoms with Gasteiger partial charge in [0.15, 0.2) is 0 Å². The summed E-state index contributed by atoms with van der Waals surface area (Å²) in [7, 11) is -3.35. The van der Waals surface area contributed by atoms with Gasteiger partial charge >= 0.3 is 0 Å². The van der Waals surface area contributed by atoms with Crippen molar-refractivity contribution in [2.75, 3.05) is 17.1 Å². The van der Waals surface area contributed by atoms with Crippen LogP contribution in [0.4, 0.5) is 14.5 Å². The standard InChI is InChI=1S/C18H18F2N2O3S/c1-11(15-5-4-14(19)10-16(15)20)21-18(23)13-3-6-17-12(9-13)7-8-22(17)26(2,24)25/h3-6,9-11H,7-8H2,1-2H3,(H,21,23)/t11-/m0/s1. The van der Waals surface area contributed by atoms with Crippen LogP contribution in [0.5, 0.6) is 0 Å².